The van der Waals surface area contributed by atoms with E-state index in [9.17, 15) is 0 Å². The number of rotatable bonds is 1. The van der Waals surface area contributed by atoms with Crippen LogP contribution >= 0.6 is 22.6 Å². The Hall–Kier alpha value is -1.36. The van der Waals surface area contributed by atoms with Crippen LogP contribution in [0.5, 0.6) is 0 Å². The lowest BCUT2D eigenvalue weighted by molar-refractivity contribution is 1.31. The minimum absolute atomic E-state index is 0.948. The summed E-state index contributed by atoms with van der Waals surface area (Å²) in [6, 6.07) is 12.6. The fraction of sp³-hybridized carbons (Fsp3) is 0.133. The van der Waals surface area contributed by atoms with Crippen molar-refractivity contribution in [3.63, 3.8) is 0 Å². The van der Waals surface area contributed by atoms with Crippen LogP contribution in [-0.4, -0.2) is 9.97 Å². The van der Waals surface area contributed by atoms with Crippen molar-refractivity contribution >= 4 is 33.6 Å². The number of benzene rings is 2. The number of hydrogen-bond donors (Lipinski definition) is 1. The zero-order chi connectivity index (χ0) is 12.7. The zero-order valence-corrected chi connectivity index (χ0v) is 12.4. The van der Waals surface area contributed by atoms with Crippen molar-refractivity contribution in [1.82, 2.24) is 9.97 Å². The van der Waals surface area contributed by atoms with Gasteiger partial charge in [-0.1, -0.05) is 24.3 Å². The summed E-state index contributed by atoms with van der Waals surface area (Å²) in [5.41, 5.74) is 5.82. The van der Waals surface area contributed by atoms with Crippen molar-refractivity contribution in [1.29, 1.82) is 0 Å². The maximum absolute atomic E-state index is 4.67. The monoisotopic (exact) mass is 348 g/mol. The van der Waals surface area contributed by atoms with E-state index in [-0.39, 0.29) is 0 Å². The number of halogens is 1. The Morgan fingerprint density at radius 2 is 1.94 bits per heavy atom. The van der Waals surface area contributed by atoms with Crippen LogP contribution in [0.2, 0.25) is 0 Å². The fourth-order valence-electron chi connectivity index (χ4n) is 2.08. The molecule has 0 amide bonds. The second kappa shape index (κ2) is 4.39. The molecule has 0 atom stereocenters. The molecule has 0 aliphatic rings. The number of hydrogen-bond acceptors (Lipinski definition) is 1. The third-order valence-corrected chi connectivity index (χ3v) is 4.52. The van der Waals surface area contributed by atoms with Crippen LogP contribution < -0.4 is 0 Å². The minimum Gasteiger partial charge on any atom is -0.338 e. The maximum atomic E-state index is 4.67. The van der Waals surface area contributed by atoms with Crippen LogP contribution in [0.25, 0.3) is 22.4 Å². The number of aromatic nitrogens is 2. The van der Waals surface area contributed by atoms with Crippen LogP contribution in [0.15, 0.2) is 36.4 Å². The lowest BCUT2D eigenvalue weighted by Crippen LogP contribution is -1.88. The first-order valence-corrected chi connectivity index (χ1v) is 6.95. The Morgan fingerprint density at radius 3 is 2.78 bits per heavy atom. The lowest BCUT2D eigenvalue weighted by Gasteiger charge is -2.03. The first-order valence-electron chi connectivity index (χ1n) is 5.87. The molecule has 18 heavy (non-hydrogen) atoms. The number of imidazole rings is 1. The molecule has 0 spiro atoms. The van der Waals surface area contributed by atoms with Crippen molar-refractivity contribution in [3.8, 4) is 11.4 Å². The quantitative estimate of drug-likeness (QED) is 0.647. The fourth-order valence-corrected chi connectivity index (χ4v) is 2.70. The molecule has 1 aromatic heterocycles. The average Bonchev–Trinajstić information content (AvgIpc) is 2.75. The summed E-state index contributed by atoms with van der Waals surface area (Å²) < 4.78 is 1.26. The summed E-state index contributed by atoms with van der Waals surface area (Å²) in [4.78, 5) is 8.07. The Morgan fingerprint density at radius 1 is 1.11 bits per heavy atom. The lowest BCUT2D eigenvalue weighted by atomic mass is 10.1. The van der Waals surface area contributed by atoms with Gasteiger partial charge < -0.3 is 4.98 Å². The number of nitrogens with one attached hydrogen (secondary N) is 1. The number of nitrogens with zero attached hydrogens (tertiary/aromatic N) is 1. The van der Waals surface area contributed by atoms with E-state index in [2.05, 4.69) is 82.8 Å². The van der Waals surface area contributed by atoms with Crippen molar-refractivity contribution in [2.24, 2.45) is 0 Å². The summed E-state index contributed by atoms with van der Waals surface area (Å²) in [6.07, 6.45) is 0. The molecular formula is C15H13IN2. The highest BCUT2D eigenvalue weighted by molar-refractivity contribution is 14.1. The van der Waals surface area contributed by atoms with E-state index < -0.39 is 0 Å². The number of H-pyrrole nitrogens is 1. The highest BCUT2D eigenvalue weighted by Gasteiger charge is 2.09. The molecule has 0 fully saturated rings. The standard InChI is InChI=1S/C15H13IN2/c1-9-6-7-12-13(8-9)18-15(17-12)11-5-3-4-10(2)14(11)16/h3-8H,1-2H3,(H,17,18). The number of aryl methyl sites for hydroxylation is 2. The van der Waals surface area contributed by atoms with Gasteiger partial charge in [0.15, 0.2) is 0 Å². The van der Waals surface area contributed by atoms with Gasteiger partial charge in [0.1, 0.15) is 5.82 Å². The molecule has 0 saturated carbocycles. The predicted molar refractivity (Wildman–Crippen MR) is 83.7 cm³/mol. The average molecular weight is 348 g/mol. The Bertz CT molecular complexity index is 728. The summed E-state index contributed by atoms with van der Waals surface area (Å²) in [7, 11) is 0. The van der Waals surface area contributed by atoms with Crippen molar-refractivity contribution in [3.05, 3.63) is 51.1 Å². The Labute approximate surface area is 120 Å². The zero-order valence-electron chi connectivity index (χ0n) is 10.3. The number of fused-ring (bicyclic) bond motifs is 1. The van der Waals surface area contributed by atoms with E-state index in [4.69, 9.17) is 0 Å². The van der Waals surface area contributed by atoms with Crippen LogP contribution in [0, 0.1) is 17.4 Å². The molecule has 0 unspecified atom stereocenters. The van der Waals surface area contributed by atoms with Gasteiger partial charge in [-0.25, -0.2) is 4.98 Å². The third kappa shape index (κ3) is 1.92. The molecule has 2 aromatic carbocycles. The normalized spacial score (nSPS) is 11.1. The van der Waals surface area contributed by atoms with Crippen LogP contribution in [0.1, 0.15) is 11.1 Å². The van der Waals surface area contributed by atoms with Crippen molar-refractivity contribution in [2.45, 2.75) is 13.8 Å². The van der Waals surface area contributed by atoms with Gasteiger partial charge >= 0.3 is 0 Å². The summed E-state index contributed by atoms with van der Waals surface area (Å²) in [5, 5.41) is 0. The Kier molecular flexibility index (Phi) is 2.86. The van der Waals surface area contributed by atoms with Gasteiger partial charge in [0.25, 0.3) is 0 Å². The number of aromatic amines is 1. The third-order valence-electron chi connectivity index (χ3n) is 3.08. The summed E-state index contributed by atoms with van der Waals surface area (Å²) in [6.45, 7) is 4.22. The molecule has 3 rings (SSSR count). The molecule has 3 aromatic rings. The molecule has 1 N–H and O–H groups in total. The highest BCUT2D eigenvalue weighted by atomic mass is 127. The smallest absolute Gasteiger partial charge is 0.139 e. The maximum Gasteiger partial charge on any atom is 0.139 e. The largest absolute Gasteiger partial charge is 0.338 e. The van der Waals surface area contributed by atoms with Crippen molar-refractivity contribution < 1.29 is 0 Å². The topological polar surface area (TPSA) is 28.7 Å². The van der Waals surface area contributed by atoms with Gasteiger partial charge in [-0.3, -0.25) is 0 Å². The molecule has 0 aliphatic heterocycles. The first kappa shape index (κ1) is 11.7. The van der Waals surface area contributed by atoms with Crippen LogP contribution in [-0.2, 0) is 0 Å². The van der Waals surface area contributed by atoms with Crippen LogP contribution in [0.4, 0.5) is 0 Å². The molecule has 3 heteroatoms. The van der Waals surface area contributed by atoms with Gasteiger partial charge in [-0.2, -0.15) is 0 Å². The molecular weight excluding hydrogens is 335 g/mol. The van der Waals surface area contributed by atoms with Crippen molar-refractivity contribution in [2.75, 3.05) is 0 Å². The van der Waals surface area contributed by atoms with Gasteiger partial charge in [0.05, 0.1) is 11.0 Å². The first-order chi connectivity index (χ1) is 8.65. The second-order valence-corrected chi connectivity index (χ2v) is 5.62. The SMILES string of the molecule is Cc1ccc2nc(-c3cccc(C)c3I)[nH]c2c1. The molecule has 0 saturated heterocycles. The molecule has 0 aliphatic carbocycles. The van der Waals surface area contributed by atoms with Gasteiger partial charge in [-0.15, -0.1) is 0 Å². The van der Waals surface area contributed by atoms with Crippen LogP contribution in [0.3, 0.4) is 0 Å². The van der Waals surface area contributed by atoms with E-state index >= 15 is 0 Å². The summed E-state index contributed by atoms with van der Waals surface area (Å²) >= 11 is 2.38. The molecule has 90 valence electrons. The molecule has 2 nitrogen and oxygen atoms in total. The van der Waals surface area contributed by atoms with E-state index in [1.165, 1.54) is 20.3 Å². The minimum atomic E-state index is 0.948. The molecule has 0 bridgehead atoms. The van der Waals surface area contributed by atoms with E-state index in [1.807, 2.05) is 0 Å². The predicted octanol–water partition coefficient (Wildman–Crippen LogP) is 4.45. The molecule has 1 heterocycles. The second-order valence-electron chi connectivity index (χ2n) is 4.54. The van der Waals surface area contributed by atoms with Gasteiger partial charge in [0, 0.05) is 9.13 Å². The van der Waals surface area contributed by atoms with E-state index in [0.29, 0.717) is 0 Å². The Balaban J connectivity index is 2.22. The van der Waals surface area contributed by atoms with Gasteiger partial charge in [-0.05, 0) is 59.7 Å². The van der Waals surface area contributed by atoms with E-state index in [1.54, 1.807) is 0 Å². The van der Waals surface area contributed by atoms with E-state index in [0.717, 1.165) is 16.9 Å². The molecule has 0 radical (unpaired) electrons. The summed E-state index contributed by atoms with van der Waals surface area (Å²) in [5.74, 6) is 0.948. The van der Waals surface area contributed by atoms with Gasteiger partial charge in [0.2, 0.25) is 0 Å². The highest BCUT2D eigenvalue weighted by Crippen LogP contribution is 2.27.